The number of hydrogen-bond donors (Lipinski definition) is 2. The summed E-state index contributed by atoms with van der Waals surface area (Å²) in [4.78, 5) is 24.2. The number of halogens is 4. The first-order valence-corrected chi connectivity index (χ1v) is 9.64. The Morgan fingerprint density at radius 3 is 2.19 bits per heavy atom. The van der Waals surface area contributed by atoms with Crippen LogP contribution in [0.2, 0.25) is 15.1 Å². The van der Waals surface area contributed by atoms with Gasteiger partial charge in [-0.1, -0.05) is 34.8 Å². The van der Waals surface area contributed by atoms with Gasteiger partial charge in [0, 0.05) is 5.69 Å². The Hall–Kier alpha value is -3.31. The third-order valence-electron chi connectivity index (χ3n) is 3.87. The number of carbonyl (C=O) groups is 2. The van der Waals surface area contributed by atoms with Gasteiger partial charge in [0.05, 0.1) is 32.3 Å². The van der Waals surface area contributed by atoms with Crippen molar-refractivity contribution < 1.29 is 18.7 Å². The van der Waals surface area contributed by atoms with Crippen molar-refractivity contribution in [2.45, 2.75) is 0 Å². The van der Waals surface area contributed by atoms with Crippen LogP contribution in [0.4, 0.5) is 14.9 Å². The molecule has 3 aromatic rings. The summed E-state index contributed by atoms with van der Waals surface area (Å²) in [6, 6.07) is 13.2. The van der Waals surface area contributed by atoms with Gasteiger partial charge in [0.25, 0.3) is 5.91 Å². The number of nitrogens with zero attached hydrogens (tertiary/aromatic N) is 1. The van der Waals surface area contributed by atoms with Crippen molar-refractivity contribution in [1.29, 1.82) is 5.26 Å². The van der Waals surface area contributed by atoms with Gasteiger partial charge < -0.3 is 10.1 Å². The molecule has 0 fully saturated rings. The molecule has 156 valence electrons. The highest BCUT2D eigenvalue weighted by Gasteiger charge is 2.15. The molecule has 0 radical (unpaired) electrons. The van der Waals surface area contributed by atoms with Gasteiger partial charge in [-0.2, -0.15) is 5.26 Å². The summed E-state index contributed by atoms with van der Waals surface area (Å²) >= 11 is 18.1. The van der Waals surface area contributed by atoms with Crippen LogP contribution < -0.4 is 15.4 Å². The maximum Gasteiger partial charge on any atom is 0.326 e. The van der Waals surface area contributed by atoms with E-state index < -0.39 is 17.8 Å². The minimum Gasteiger partial charge on any atom is -0.454 e. The van der Waals surface area contributed by atoms with Crippen molar-refractivity contribution in [2.24, 2.45) is 0 Å². The topological polar surface area (TPSA) is 91.2 Å². The molecule has 0 heterocycles. The minimum atomic E-state index is -0.842. The smallest absolute Gasteiger partial charge is 0.326 e. The zero-order valence-electron chi connectivity index (χ0n) is 15.4. The van der Waals surface area contributed by atoms with Gasteiger partial charge in [0.1, 0.15) is 17.3 Å². The first-order chi connectivity index (χ1) is 14.8. The average Bonchev–Trinajstić information content (AvgIpc) is 2.71. The molecule has 6 nitrogen and oxygen atoms in total. The lowest BCUT2D eigenvalue weighted by Gasteiger charge is -2.12. The van der Waals surface area contributed by atoms with Gasteiger partial charge in [-0.3, -0.25) is 10.1 Å². The first kappa shape index (κ1) is 22.4. The van der Waals surface area contributed by atoms with Gasteiger partial charge in [-0.05, 0) is 54.6 Å². The van der Waals surface area contributed by atoms with E-state index in [1.165, 1.54) is 30.3 Å². The van der Waals surface area contributed by atoms with Crippen molar-refractivity contribution >= 4 is 52.4 Å². The number of anilines is 1. The molecule has 3 amide bonds. The Labute approximate surface area is 191 Å². The van der Waals surface area contributed by atoms with E-state index in [0.717, 1.165) is 18.2 Å². The molecule has 0 saturated carbocycles. The van der Waals surface area contributed by atoms with E-state index in [1.54, 1.807) is 6.07 Å². The van der Waals surface area contributed by atoms with Gasteiger partial charge in [0.15, 0.2) is 0 Å². The summed E-state index contributed by atoms with van der Waals surface area (Å²) in [5, 5.41) is 13.7. The second-order valence-electron chi connectivity index (χ2n) is 6.04. The minimum absolute atomic E-state index is 0.0562. The summed E-state index contributed by atoms with van der Waals surface area (Å²) in [6.07, 6.45) is 0. The lowest BCUT2D eigenvalue weighted by molar-refractivity contribution is 0.0967. The van der Waals surface area contributed by atoms with E-state index in [4.69, 9.17) is 44.8 Å². The fourth-order valence-electron chi connectivity index (χ4n) is 2.44. The monoisotopic (exact) mass is 477 g/mol. The number of ether oxygens (including phenoxy) is 1. The third-order valence-corrected chi connectivity index (χ3v) is 4.78. The zero-order chi connectivity index (χ0) is 22.5. The zero-order valence-corrected chi connectivity index (χ0v) is 17.6. The molecule has 0 atom stereocenters. The molecule has 3 aromatic carbocycles. The van der Waals surface area contributed by atoms with Crippen LogP contribution in [0, 0.1) is 17.1 Å². The fraction of sp³-hybridized carbons (Fsp3) is 0. The lowest BCUT2D eigenvalue weighted by atomic mass is 10.2. The standard InChI is InChI=1S/C21H11Cl3FN3O3/c22-15-8-12(25)2-4-14(15)20(29)28-21(30)27-13-3-6-19(17(24)9-13)31-18-5-1-11(10-26)7-16(18)23/h1-9H,(H2,27,28,29,30). The predicted molar refractivity (Wildman–Crippen MR) is 116 cm³/mol. The van der Waals surface area contributed by atoms with Crippen LogP contribution in [-0.2, 0) is 0 Å². The van der Waals surface area contributed by atoms with Crippen LogP contribution in [0.5, 0.6) is 11.5 Å². The Morgan fingerprint density at radius 2 is 1.58 bits per heavy atom. The van der Waals surface area contributed by atoms with Crippen LogP contribution in [0.3, 0.4) is 0 Å². The van der Waals surface area contributed by atoms with Crippen molar-refractivity contribution in [3.63, 3.8) is 0 Å². The second-order valence-corrected chi connectivity index (χ2v) is 7.26. The molecule has 3 rings (SSSR count). The molecule has 0 unspecified atom stereocenters. The Kier molecular flexibility index (Phi) is 6.98. The number of benzene rings is 3. The second kappa shape index (κ2) is 9.67. The van der Waals surface area contributed by atoms with Crippen molar-refractivity contribution in [3.8, 4) is 17.6 Å². The molecule has 0 aromatic heterocycles. The highest BCUT2D eigenvalue weighted by molar-refractivity contribution is 6.34. The number of urea groups is 1. The maximum absolute atomic E-state index is 13.1. The number of amides is 3. The van der Waals surface area contributed by atoms with Crippen LogP contribution in [0.1, 0.15) is 15.9 Å². The molecule has 0 spiro atoms. The number of nitriles is 1. The predicted octanol–water partition coefficient (Wildman–Crippen LogP) is 6.41. The van der Waals surface area contributed by atoms with Crippen molar-refractivity contribution in [3.05, 3.63) is 86.6 Å². The van der Waals surface area contributed by atoms with Gasteiger partial charge in [0.2, 0.25) is 0 Å². The molecule has 10 heteroatoms. The van der Waals surface area contributed by atoms with Crippen molar-refractivity contribution in [1.82, 2.24) is 5.32 Å². The lowest BCUT2D eigenvalue weighted by Crippen LogP contribution is -2.34. The highest BCUT2D eigenvalue weighted by Crippen LogP contribution is 2.35. The van der Waals surface area contributed by atoms with E-state index in [2.05, 4.69) is 10.6 Å². The SMILES string of the molecule is N#Cc1ccc(Oc2ccc(NC(=O)NC(=O)c3ccc(F)cc3Cl)cc2Cl)c(Cl)c1. The normalized spacial score (nSPS) is 10.2. The van der Waals surface area contributed by atoms with E-state index >= 15 is 0 Å². The van der Waals surface area contributed by atoms with Crippen LogP contribution >= 0.6 is 34.8 Å². The Bertz CT molecular complexity index is 1230. The molecular formula is C21H11Cl3FN3O3. The Balaban J connectivity index is 1.66. The molecule has 0 bridgehead atoms. The summed E-state index contributed by atoms with van der Waals surface area (Å²) in [5.74, 6) is -0.856. The molecule has 2 N–H and O–H groups in total. The van der Waals surface area contributed by atoms with Gasteiger partial charge in [-0.15, -0.1) is 0 Å². The van der Waals surface area contributed by atoms with Gasteiger partial charge in [-0.25, -0.2) is 9.18 Å². The number of nitrogens with one attached hydrogen (secondary N) is 2. The molecule has 0 aliphatic carbocycles. The van der Waals surface area contributed by atoms with Crippen LogP contribution in [0.25, 0.3) is 0 Å². The fourth-order valence-corrected chi connectivity index (χ4v) is 3.13. The highest BCUT2D eigenvalue weighted by atomic mass is 35.5. The Morgan fingerprint density at radius 1 is 0.903 bits per heavy atom. The van der Waals surface area contributed by atoms with E-state index in [0.29, 0.717) is 11.3 Å². The molecule has 0 saturated heterocycles. The van der Waals surface area contributed by atoms with Crippen molar-refractivity contribution in [2.75, 3.05) is 5.32 Å². The third kappa shape index (κ3) is 5.64. The number of rotatable bonds is 4. The average molecular weight is 479 g/mol. The van der Waals surface area contributed by atoms with Gasteiger partial charge >= 0.3 is 6.03 Å². The maximum atomic E-state index is 13.1. The largest absolute Gasteiger partial charge is 0.454 e. The number of hydrogen-bond acceptors (Lipinski definition) is 4. The summed E-state index contributed by atoms with van der Waals surface area (Å²) in [6.45, 7) is 0. The van der Waals surface area contributed by atoms with Crippen LogP contribution in [-0.4, -0.2) is 11.9 Å². The number of imide groups is 1. The summed E-state index contributed by atoms with van der Waals surface area (Å²) in [5.41, 5.74) is 0.601. The quantitative estimate of drug-likeness (QED) is 0.453. The molecule has 31 heavy (non-hydrogen) atoms. The summed E-state index contributed by atoms with van der Waals surface area (Å²) in [7, 11) is 0. The molecule has 0 aliphatic heterocycles. The van der Waals surface area contributed by atoms with E-state index in [-0.39, 0.29) is 32.1 Å². The van der Waals surface area contributed by atoms with Crippen LogP contribution in [0.15, 0.2) is 54.6 Å². The number of carbonyl (C=O) groups excluding carboxylic acids is 2. The van der Waals surface area contributed by atoms with E-state index in [9.17, 15) is 14.0 Å². The molecular weight excluding hydrogens is 468 g/mol. The molecule has 0 aliphatic rings. The first-order valence-electron chi connectivity index (χ1n) is 8.51. The summed E-state index contributed by atoms with van der Waals surface area (Å²) < 4.78 is 18.7. The van der Waals surface area contributed by atoms with E-state index in [1.807, 2.05) is 6.07 Å².